The van der Waals surface area contributed by atoms with Crippen LogP contribution in [0.4, 0.5) is 0 Å². The minimum absolute atomic E-state index is 0.321. The zero-order valence-corrected chi connectivity index (χ0v) is 9.02. The number of hydrogen-bond acceptors (Lipinski definition) is 3. The first kappa shape index (κ1) is 10.9. The number of rotatable bonds is 4. The first-order valence-corrected chi connectivity index (χ1v) is 5.80. The van der Waals surface area contributed by atoms with Gasteiger partial charge in [0.05, 0.1) is 12.5 Å². The zero-order chi connectivity index (χ0) is 10.7. The molecule has 2 aliphatic heterocycles. The van der Waals surface area contributed by atoms with E-state index in [9.17, 15) is 4.79 Å². The van der Waals surface area contributed by atoms with E-state index in [2.05, 4.69) is 4.90 Å². The van der Waals surface area contributed by atoms with Crippen LogP contribution in [0.15, 0.2) is 0 Å². The summed E-state index contributed by atoms with van der Waals surface area (Å²) in [7, 11) is 0. The standard InChI is InChI=1S/C11H19NO3/c13-11(14)5-9-6-12(7-9)8-10-3-1-2-4-15-10/h9-10H,1-8H2,(H,13,14). The summed E-state index contributed by atoms with van der Waals surface area (Å²) in [5, 5.41) is 8.61. The van der Waals surface area contributed by atoms with Crippen LogP contribution in [-0.4, -0.2) is 48.3 Å². The van der Waals surface area contributed by atoms with Crippen LogP contribution >= 0.6 is 0 Å². The lowest BCUT2D eigenvalue weighted by Crippen LogP contribution is -2.51. The minimum atomic E-state index is -0.673. The number of carboxylic acid groups (broad SMARTS) is 1. The smallest absolute Gasteiger partial charge is 0.303 e. The number of carbonyl (C=O) groups is 1. The van der Waals surface area contributed by atoms with E-state index in [1.165, 1.54) is 19.3 Å². The fourth-order valence-corrected chi connectivity index (χ4v) is 2.44. The number of hydrogen-bond donors (Lipinski definition) is 1. The van der Waals surface area contributed by atoms with Crippen molar-refractivity contribution in [2.75, 3.05) is 26.2 Å². The SMILES string of the molecule is O=C(O)CC1CN(CC2CCCCO2)C1. The van der Waals surface area contributed by atoms with Gasteiger partial charge in [-0.15, -0.1) is 0 Å². The monoisotopic (exact) mass is 213 g/mol. The van der Waals surface area contributed by atoms with Crippen molar-refractivity contribution in [2.24, 2.45) is 5.92 Å². The van der Waals surface area contributed by atoms with Crippen molar-refractivity contribution in [3.8, 4) is 0 Å². The summed E-state index contributed by atoms with van der Waals surface area (Å²) in [6.45, 7) is 3.77. The van der Waals surface area contributed by atoms with Gasteiger partial charge in [-0.1, -0.05) is 0 Å². The van der Waals surface area contributed by atoms with Gasteiger partial charge in [-0.3, -0.25) is 4.79 Å². The van der Waals surface area contributed by atoms with Gasteiger partial charge < -0.3 is 14.7 Å². The Morgan fingerprint density at radius 3 is 2.80 bits per heavy atom. The molecule has 1 N–H and O–H groups in total. The van der Waals surface area contributed by atoms with Crippen molar-refractivity contribution in [2.45, 2.75) is 31.8 Å². The van der Waals surface area contributed by atoms with Crippen molar-refractivity contribution in [1.29, 1.82) is 0 Å². The first-order chi connectivity index (χ1) is 7.24. The molecule has 2 aliphatic rings. The highest BCUT2D eigenvalue weighted by atomic mass is 16.5. The second kappa shape index (κ2) is 4.94. The Morgan fingerprint density at radius 1 is 1.40 bits per heavy atom. The Hall–Kier alpha value is -0.610. The summed E-state index contributed by atoms with van der Waals surface area (Å²) in [4.78, 5) is 12.8. The van der Waals surface area contributed by atoms with Crippen LogP contribution < -0.4 is 0 Å². The molecule has 0 aromatic rings. The third kappa shape index (κ3) is 3.18. The summed E-state index contributed by atoms with van der Waals surface area (Å²) >= 11 is 0. The molecule has 0 bridgehead atoms. The van der Waals surface area contributed by atoms with Crippen molar-refractivity contribution in [3.63, 3.8) is 0 Å². The molecule has 1 atom stereocenters. The van der Waals surface area contributed by atoms with E-state index in [1.54, 1.807) is 0 Å². The highest BCUT2D eigenvalue weighted by Crippen LogP contribution is 2.22. The second-order valence-corrected chi connectivity index (χ2v) is 4.67. The Morgan fingerprint density at radius 2 is 2.20 bits per heavy atom. The van der Waals surface area contributed by atoms with Gasteiger partial charge >= 0.3 is 5.97 Å². The highest BCUT2D eigenvalue weighted by Gasteiger charge is 2.30. The van der Waals surface area contributed by atoms with Crippen LogP contribution in [0.1, 0.15) is 25.7 Å². The van der Waals surface area contributed by atoms with E-state index in [4.69, 9.17) is 9.84 Å². The molecule has 0 spiro atoms. The van der Waals surface area contributed by atoms with Crippen molar-refractivity contribution >= 4 is 5.97 Å². The predicted octanol–water partition coefficient (Wildman–Crippen LogP) is 0.962. The lowest BCUT2D eigenvalue weighted by Gasteiger charge is -2.41. The fourth-order valence-electron chi connectivity index (χ4n) is 2.44. The third-order valence-electron chi connectivity index (χ3n) is 3.23. The van der Waals surface area contributed by atoms with E-state index in [-0.39, 0.29) is 0 Å². The lowest BCUT2D eigenvalue weighted by molar-refractivity contribution is -0.139. The van der Waals surface area contributed by atoms with E-state index < -0.39 is 5.97 Å². The van der Waals surface area contributed by atoms with Gasteiger partial charge in [0.15, 0.2) is 0 Å². The predicted molar refractivity (Wildman–Crippen MR) is 55.8 cm³/mol. The molecule has 2 heterocycles. The Labute approximate surface area is 90.2 Å². The zero-order valence-electron chi connectivity index (χ0n) is 9.02. The number of aliphatic carboxylic acids is 1. The van der Waals surface area contributed by atoms with Gasteiger partial charge in [0.2, 0.25) is 0 Å². The van der Waals surface area contributed by atoms with E-state index in [1.807, 2.05) is 0 Å². The fraction of sp³-hybridized carbons (Fsp3) is 0.909. The van der Waals surface area contributed by atoms with E-state index in [0.717, 1.165) is 26.2 Å². The Balaban J connectivity index is 1.60. The van der Waals surface area contributed by atoms with Crippen LogP contribution in [0.2, 0.25) is 0 Å². The van der Waals surface area contributed by atoms with E-state index in [0.29, 0.717) is 18.4 Å². The molecule has 2 fully saturated rings. The maximum Gasteiger partial charge on any atom is 0.303 e. The molecule has 0 saturated carbocycles. The molecule has 15 heavy (non-hydrogen) atoms. The van der Waals surface area contributed by atoms with Crippen LogP contribution in [0.5, 0.6) is 0 Å². The maximum atomic E-state index is 10.5. The first-order valence-electron chi connectivity index (χ1n) is 5.80. The van der Waals surface area contributed by atoms with Gasteiger partial charge in [0, 0.05) is 26.2 Å². The molecule has 1 unspecified atom stereocenters. The van der Waals surface area contributed by atoms with Gasteiger partial charge in [-0.05, 0) is 25.2 Å². The van der Waals surface area contributed by atoms with Gasteiger partial charge in [0.25, 0.3) is 0 Å². The summed E-state index contributed by atoms with van der Waals surface area (Å²) in [6, 6.07) is 0. The molecule has 0 amide bonds. The van der Waals surface area contributed by atoms with Crippen LogP contribution in [0.3, 0.4) is 0 Å². The molecule has 0 aliphatic carbocycles. The molecule has 0 aromatic heterocycles. The van der Waals surface area contributed by atoms with Crippen molar-refractivity contribution in [1.82, 2.24) is 4.90 Å². The molecule has 86 valence electrons. The highest BCUT2D eigenvalue weighted by molar-refractivity contribution is 5.67. The number of likely N-dealkylation sites (tertiary alicyclic amines) is 1. The number of ether oxygens (including phenoxy) is 1. The molecule has 2 rings (SSSR count). The van der Waals surface area contributed by atoms with Crippen LogP contribution in [0, 0.1) is 5.92 Å². The van der Waals surface area contributed by atoms with Gasteiger partial charge in [-0.2, -0.15) is 0 Å². The largest absolute Gasteiger partial charge is 0.481 e. The quantitative estimate of drug-likeness (QED) is 0.755. The Kier molecular flexibility index (Phi) is 3.59. The summed E-state index contributed by atoms with van der Waals surface area (Å²) in [5.74, 6) is -0.306. The minimum Gasteiger partial charge on any atom is -0.481 e. The van der Waals surface area contributed by atoms with Crippen LogP contribution in [0.25, 0.3) is 0 Å². The van der Waals surface area contributed by atoms with Crippen molar-refractivity contribution < 1.29 is 14.6 Å². The van der Waals surface area contributed by atoms with Crippen LogP contribution in [-0.2, 0) is 9.53 Å². The Bertz CT molecular complexity index is 220. The topological polar surface area (TPSA) is 49.8 Å². The van der Waals surface area contributed by atoms with Gasteiger partial charge in [0.1, 0.15) is 0 Å². The molecule has 0 aromatic carbocycles. The summed E-state index contributed by atoms with van der Waals surface area (Å²) < 4.78 is 5.64. The molecular formula is C11H19NO3. The van der Waals surface area contributed by atoms with Gasteiger partial charge in [-0.25, -0.2) is 0 Å². The summed E-state index contributed by atoms with van der Waals surface area (Å²) in [6.07, 6.45) is 4.35. The molecule has 4 nitrogen and oxygen atoms in total. The number of carboxylic acids is 1. The van der Waals surface area contributed by atoms with E-state index >= 15 is 0 Å². The molecular weight excluding hydrogens is 194 g/mol. The molecule has 4 heteroatoms. The third-order valence-corrected chi connectivity index (χ3v) is 3.23. The van der Waals surface area contributed by atoms with Crippen molar-refractivity contribution in [3.05, 3.63) is 0 Å². The molecule has 0 radical (unpaired) electrons. The number of nitrogens with zero attached hydrogens (tertiary/aromatic N) is 1. The normalized spacial score (nSPS) is 28.7. The lowest BCUT2D eigenvalue weighted by atomic mass is 9.95. The maximum absolute atomic E-state index is 10.5. The average molecular weight is 213 g/mol. The summed E-state index contributed by atoms with van der Waals surface area (Å²) in [5.41, 5.74) is 0. The second-order valence-electron chi connectivity index (χ2n) is 4.67. The average Bonchev–Trinajstić information content (AvgIpc) is 2.15. The molecule has 2 saturated heterocycles.